The van der Waals surface area contributed by atoms with Crippen molar-refractivity contribution in [2.24, 2.45) is 0 Å². The van der Waals surface area contributed by atoms with Crippen LogP contribution in [0.4, 0.5) is 10.1 Å². The molecule has 1 aromatic heterocycles. The summed E-state index contributed by atoms with van der Waals surface area (Å²) in [4.78, 5) is 40.8. The Morgan fingerprint density at radius 2 is 1.97 bits per heavy atom. The van der Waals surface area contributed by atoms with Gasteiger partial charge in [0.25, 0.3) is 11.6 Å². The molecule has 2 heterocycles. The van der Waals surface area contributed by atoms with Crippen LogP contribution in [0.15, 0.2) is 48.7 Å². The molecule has 31 heavy (non-hydrogen) atoms. The molecule has 0 bridgehead atoms. The van der Waals surface area contributed by atoms with E-state index in [1.165, 1.54) is 47.5 Å². The summed E-state index contributed by atoms with van der Waals surface area (Å²) >= 11 is 0. The number of non-ortho nitro benzene ring substituents is 1. The van der Waals surface area contributed by atoms with Gasteiger partial charge >= 0.3 is 5.97 Å². The number of hydrogen-bond donors (Lipinski definition) is 1. The van der Waals surface area contributed by atoms with Crippen LogP contribution in [0, 0.1) is 15.9 Å². The third-order valence-electron chi connectivity index (χ3n) is 5.10. The summed E-state index contributed by atoms with van der Waals surface area (Å²) in [6, 6.07) is 9.60. The summed E-state index contributed by atoms with van der Waals surface area (Å²) in [5, 5.41) is 11.8. The molecule has 1 aliphatic rings. The number of rotatable bonds is 4. The van der Waals surface area contributed by atoms with E-state index in [-0.39, 0.29) is 35.9 Å². The smallest absolute Gasteiger partial charge is 0.341 e. The molecule has 4 rings (SSSR count). The van der Waals surface area contributed by atoms with Gasteiger partial charge in [0.05, 0.1) is 28.3 Å². The number of aromatic amines is 1. The molecule has 2 aromatic carbocycles. The average Bonchev–Trinajstić information content (AvgIpc) is 3.00. The number of nitro groups is 1. The van der Waals surface area contributed by atoms with E-state index >= 15 is 0 Å². The lowest BCUT2D eigenvalue weighted by molar-refractivity contribution is -0.384. The number of benzene rings is 2. The van der Waals surface area contributed by atoms with Crippen molar-refractivity contribution in [2.45, 2.75) is 13.3 Å². The van der Waals surface area contributed by atoms with Crippen molar-refractivity contribution < 1.29 is 23.6 Å². The SMILES string of the molecule is CCOC(=O)C1=CN(C(=O)c2ccc(F)cc2)CCc2c1[nH]c1cc([N+](=O)[O-])ccc21. The standard InChI is InChI=1S/C22H18FN3O5/c1-2-31-22(28)18-12-25(21(27)13-3-5-14(23)6-4-13)10-9-17-16-8-7-15(26(29)30)11-19(16)24-20(17)18/h3-8,11-12,24H,2,9-10H2,1H3. The minimum atomic E-state index is -0.622. The molecule has 3 aromatic rings. The van der Waals surface area contributed by atoms with E-state index in [1.54, 1.807) is 13.0 Å². The Bertz CT molecular complexity index is 1230. The number of carbonyl (C=O) groups excluding carboxylic acids is 2. The molecule has 0 saturated heterocycles. The fraction of sp³-hybridized carbons (Fsp3) is 0.182. The van der Waals surface area contributed by atoms with E-state index < -0.39 is 16.7 Å². The lowest BCUT2D eigenvalue weighted by Gasteiger charge is -2.18. The quantitative estimate of drug-likeness (QED) is 0.390. The number of amides is 1. The second kappa shape index (κ2) is 8.02. The number of nitrogens with zero attached hydrogens (tertiary/aromatic N) is 2. The van der Waals surface area contributed by atoms with Gasteiger partial charge in [0.2, 0.25) is 0 Å². The zero-order valence-corrected chi connectivity index (χ0v) is 16.6. The molecule has 0 spiro atoms. The maximum Gasteiger partial charge on any atom is 0.341 e. The topological polar surface area (TPSA) is 106 Å². The number of hydrogen-bond acceptors (Lipinski definition) is 5. The molecule has 0 fully saturated rings. The summed E-state index contributed by atoms with van der Waals surface area (Å²) in [6.07, 6.45) is 1.82. The third-order valence-corrected chi connectivity index (χ3v) is 5.10. The molecule has 8 nitrogen and oxygen atoms in total. The Hall–Kier alpha value is -4.01. The first kappa shape index (κ1) is 20.3. The molecule has 0 aliphatic carbocycles. The van der Waals surface area contributed by atoms with E-state index in [0.29, 0.717) is 17.6 Å². The molecule has 1 aliphatic heterocycles. The summed E-state index contributed by atoms with van der Waals surface area (Å²) < 4.78 is 18.4. The van der Waals surface area contributed by atoms with Crippen molar-refractivity contribution in [3.05, 3.63) is 81.4 Å². The average molecular weight is 423 g/mol. The van der Waals surface area contributed by atoms with E-state index in [0.717, 1.165) is 10.9 Å². The molecule has 1 amide bonds. The van der Waals surface area contributed by atoms with Gasteiger partial charge in [0.1, 0.15) is 5.82 Å². The fourth-order valence-electron chi connectivity index (χ4n) is 3.65. The highest BCUT2D eigenvalue weighted by Gasteiger charge is 2.28. The first-order chi connectivity index (χ1) is 14.9. The lowest BCUT2D eigenvalue weighted by atomic mass is 10.0. The Labute approximate surface area is 176 Å². The fourth-order valence-corrected chi connectivity index (χ4v) is 3.65. The molecule has 9 heteroatoms. The second-order valence-corrected chi connectivity index (χ2v) is 6.98. The van der Waals surface area contributed by atoms with E-state index in [2.05, 4.69) is 4.98 Å². The van der Waals surface area contributed by atoms with Gasteiger partial charge in [-0.3, -0.25) is 14.9 Å². The van der Waals surface area contributed by atoms with Crippen molar-refractivity contribution in [3.8, 4) is 0 Å². The molecule has 1 N–H and O–H groups in total. The first-order valence-electron chi connectivity index (χ1n) is 9.64. The predicted octanol–water partition coefficient (Wildman–Crippen LogP) is 3.82. The van der Waals surface area contributed by atoms with Gasteiger partial charge in [-0.1, -0.05) is 0 Å². The Balaban J connectivity index is 1.80. The number of aromatic nitrogens is 1. The Kier molecular flexibility index (Phi) is 5.24. The summed E-state index contributed by atoms with van der Waals surface area (Å²) in [5.41, 5.74) is 2.10. The van der Waals surface area contributed by atoms with Gasteiger partial charge in [-0.2, -0.15) is 0 Å². The van der Waals surface area contributed by atoms with Gasteiger partial charge in [-0.15, -0.1) is 0 Å². The largest absolute Gasteiger partial charge is 0.462 e. The van der Waals surface area contributed by atoms with Crippen molar-refractivity contribution in [3.63, 3.8) is 0 Å². The number of carbonyl (C=O) groups is 2. The summed E-state index contributed by atoms with van der Waals surface area (Å²) in [5.74, 6) is -1.46. The zero-order valence-electron chi connectivity index (χ0n) is 16.6. The molecule has 158 valence electrons. The maximum atomic E-state index is 13.2. The highest BCUT2D eigenvalue weighted by atomic mass is 19.1. The number of halogens is 1. The summed E-state index contributed by atoms with van der Waals surface area (Å²) in [7, 11) is 0. The normalized spacial score (nSPS) is 13.4. The van der Waals surface area contributed by atoms with Crippen LogP contribution in [0.2, 0.25) is 0 Å². The monoisotopic (exact) mass is 423 g/mol. The van der Waals surface area contributed by atoms with Crippen LogP contribution in [-0.4, -0.2) is 39.8 Å². The van der Waals surface area contributed by atoms with Gasteiger partial charge in [0, 0.05) is 35.8 Å². The number of esters is 1. The third kappa shape index (κ3) is 3.77. The van der Waals surface area contributed by atoms with Crippen molar-refractivity contribution >= 4 is 34.0 Å². The van der Waals surface area contributed by atoms with Crippen LogP contribution in [0.5, 0.6) is 0 Å². The van der Waals surface area contributed by atoms with Gasteiger partial charge < -0.3 is 14.6 Å². The second-order valence-electron chi connectivity index (χ2n) is 6.98. The van der Waals surface area contributed by atoms with Gasteiger partial charge in [-0.05, 0) is 49.2 Å². The van der Waals surface area contributed by atoms with Crippen LogP contribution >= 0.6 is 0 Å². The molecular weight excluding hydrogens is 405 g/mol. The van der Waals surface area contributed by atoms with Crippen molar-refractivity contribution in [2.75, 3.05) is 13.2 Å². The van der Waals surface area contributed by atoms with Crippen LogP contribution in [-0.2, 0) is 16.0 Å². The van der Waals surface area contributed by atoms with Crippen molar-refractivity contribution in [1.29, 1.82) is 0 Å². The maximum absolute atomic E-state index is 13.2. The van der Waals surface area contributed by atoms with E-state index in [9.17, 15) is 24.1 Å². The van der Waals surface area contributed by atoms with Crippen LogP contribution in [0.1, 0.15) is 28.5 Å². The minimum absolute atomic E-state index is 0.0707. The lowest BCUT2D eigenvalue weighted by Crippen LogP contribution is -2.28. The minimum Gasteiger partial charge on any atom is -0.462 e. The van der Waals surface area contributed by atoms with Crippen LogP contribution < -0.4 is 0 Å². The van der Waals surface area contributed by atoms with Crippen LogP contribution in [0.3, 0.4) is 0 Å². The van der Waals surface area contributed by atoms with Crippen LogP contribution in [0.25, 0.3) is 16.5 Å². The number of H-pyrrole nitrogens is 1. The van der Waals surface area contributed by atoms with E-state index in [1.807, 2.05) is 0 Å². The molecule has 0 unspecified atom stereocenters. The number of nitrogens with one attached hydrogen (secondary N) is 1. The highest BCUT2D eigenvalue weighted by molar-refractivity contribution is 6.18. The first-order valence-corrected chi connectivity index (χ1v) is 9.64. The Morgan fingerprint density at radius 1 is 1.23 bits per heavy atom. The number of ether oxygens (including phenoxy) is 1. The van der Waals surface area contributed by atoms with Gasteiger partial charge in [0.15, 0.2) is 0 Å². The van der Waals surface area contributed by atoms with Crippen molar-refractivity contribution in [1.82, 2.24) is 9.88 Å². The van der Waals surface area contributed by atoms with Gasteiger partial charge in [-0.25, -0.2) is 9.18 Å². The van der Waals surface area contributed by atoms with E-state index in [4.69, 9.17) is 4.74 Å². The zero-order chi connectivity index (χ0) is 22.1. The molecule has 0 saturated carbocycles. The summed E-state index contributed by atoms with van der Waals surface area (Å²) in [6.45, 7) is 2.07. The molecular formula is C22H18FN3O5. The molecule has 0 atom stereocenters. The highest BCUT2D eigenvalue weighted by Crippen LogP contribution is 2.33. The number of nitro benzene ring substituents is 1. The Morgan fingerprint density at radius 3 is 2.65 bits per heavy atom. The number of fused-ring (bicyclic) bond motifs is 3. The predicted molar refractivity (Wildman–Crippen MR) is 111 cm³/mol. The molecule has 0 radical (unpaired) electrons.